The minimum atomic E-state index is -1.16. The van der Waals surface area contributed by atoms with E-state index in [4.69, 9.17) is 0 Å². The van der Waals surface area contributed by atoms with E-state index in [0.29, 0.717) is 11.4 Å². The Balaban J connectivity index is 1.93. The fourth-order valence-electron chi connectivity index (χ4n) is 2.87. The van der Waals surface area contributed by atoms with E-state index in [-0.39, 0.29) is 0 Å². The molecule has 0 bridgehead atoms. The molecule has 1 fully saturated rings. The van der Waals surface area contributed by atoms with Crippen LogP contribution in [0, 0.1) is 26.7 Å². The Bertz CT molecular complexity index is 934. The largest absolute Gasteiger partial charge is 0.335 e. The number of hydrogen-bond acceptors (Lipinski definition) is 4. The Morgan fingerprint density at radius 2 is 1.73 bits per heavy atom. The van der Waals surface area contributed by atoms with Crippen molar-refractivity contribution in [1.29, 1.82) is 0 Å². The monoisotopic (exact) mass is 349 g/mol. The van der Waals surface area contributed by atoms with E-state index in [1.54, 1.807) is 25.1 Å². The number of carbonyl (C=O) groups is 3. The number of benzene rings is 2. The van der Waals surface area contributed by atoms with E-state index < -0.39 is 23.8 Å². The maximum atomic E-state index is 12.8. The lowest BCUT2D eigenvalue weighted by Gasteiger charge is -2.29. The number of nitrogens with one attached hydrogen (secondary N) is 1. The normalized spacial score (nSPS) is 17.7. The molecule has 1 saturated heterocycles. The van der Waals surface area contributed by atoms with Crippen molar-refractivity contribution >= 4 is 35.4 Å². The topological polar surface area (TPSA) is 78.8 Å². The number of aliphatic imine (C=N–C) groups is 1. The lowest BCUT2D eigenvalue weighted by atomic mass is 10.0. The molecule has 2 aromatic rings. The van der Waals surface area contributed by atoms with Crippen LogP contribution in [0.1, 0.15) is 16.7 Å². The zero-order chi connectivity index (χ0) is 18.8. The van der Waals surface area contributed by atoms with E-state index in [2.05, 4.69) is 10.3 Å². The number of imide groups is 2. The molecule has 3 rings (SSSR count). The molecule has 1 N–H and O–H groups in total. The third-order valence-electron chi connectivity index (χ3n) is 4.27. The fraction of sp³-hybridized carbons (Fsp3) is 0.200. The molecule has 6 nitrogen and oxygen atoms in total. The first-order valence-corrected chi connectivity index (χ1v) is 8.24. The molecular weight excluding hydrogens is 330 g/mol. The second-order valence-corrected chi connectivity index (χ2v) is 6.30. The van der Waals surface area contributed by atoms with Gasteiger partial charge in [-0.15, -0.1) is 0 Å². The Morgan fingerprint density at radius 3 is 2.42 bits per heavy atom. The molecule has 4 amide bonds. The molecule has 0 aliphatic carbocycles. The van der Waals surface area contributed by atoms with E-state index >= 15 is 0 Å². The van der Waals surface area contributed by atoms with E-state index in [1.807, 2.05) is 38.1 Å². The van der Waals surface area contributed by atoms with Gasteiger partial charge < -0.3 is 0 Å². The number of urea groups is 1. The summed E-state index contributed by atoms with van der Waals surface area (Å²) in [6.07, 6.45) is 1.30. The molecule has 0 radical (unpaired) electrons. The smallest absolute Gasteiger partial charge is 0.276 e. The molecule has 0 spiro atoms. The third kappa shape index (κ3) is 3.26. The van der Waals surface area contributed by atoms with Crippen LogP contribution >= 0.6 is 0 Å². The maximum absolute atomic E-state index is 12.8. The number of anilines is 1. The molecule has 0 aromatic heterocycles. The van der Waals surface area contributed by atoms with Gasteiger partial charge in [0.1, 0.15) is 0 Å². The third-order valence-corrected chi connectivity index (χ3v) is 4.27. The summed E-state index contributed by atoms with van der Waals surface area (Å²) < 4.78 is 0. The quantitative estimate of drug-likeness (QED) is 0.682. The standard InChI is InChI=1S/C20H19N3O3/c1-12-8-9-16(14(3)10-12)21-11-15-18(24)22-20(26)23(19(15)25)17-7-5-4-6-13(17)2/h4-11,15H,1-3H3,(H,22,24,26)/t15-/m1/s1. The van der Waals surface area contributed by atoms with Gasteiger partial charge in [-0.3, -0.25) is 19.9 Å². The number of carbonyl (C=O) groups excluding carboxylic acids is 3. The molecule has 1 aliphatic heterocycles. The lowest BCUT2D eigenvalue weighted by molar-refractivity contribution is -0.131. The minimum absolute atomic E-state index is 0.451. The van der Waals surface area contributed by atoms with E-state index in [0.717, 1.165) is 21.6 Å². The average molecular weight is 349 g/mol. The number of nitrogens with zero attached hydrogens (tertiary/aromatic N) is 2. The van der Waals surface area contributed by atoms with Gasteiger partial charge in [0.05, 0.1) is 11.4 Å². The SMILES string of the molecule is Cc1ccc(N=C[C@@H]2C(=O)NC(=O)N(c3ccccc3C)C2=O)c(C)c1. The zero-order valence-electron chi connectivity index (χ0n) is 14.8. The van der Waals surface area contributed by atoms with E-state index in [1.165, 1.54) is 6.21 Å². The molecule has 1 aliphatic rings. The molecule has 0 saturated carbocycles. The van der Waals surface area contributed by atoms with Gasteiger partial charge in [-0.05, 0) is 44.0 Å². The van der Waals surface area contributed by atoms with Crippen LogP contribution in [0.15, 0.2) is 47.5 Å². The highest BCUT2D eigenvalue weighted by Gasteiger charge is 2.40. The number of barbiturate groups is 1. The highest BCUT2D eigenvalue weighted by atomic mass is 16.2. The number of rotatable bonds is 3. The molecule has 1 atom stereocenters. The van der Waals surface area contributed by atoms with Gasteiger partial charge in [-0.25, -0.2) is 9.69 Å². The molecule has 26 heavy (non-hydrogen) atoms. The van der Waals surface area contributed by atoms with Crippen LogP contribution in [-0.2, 0) is 9.59 Å². The second kappa shape index (κ2) is 6.92. The molecular formula is C20H19N3O3. The van der Waals surface area contributed by atoms with Crippen LogP contribution in [0.25, 0.3) is 0 Å². The van der Waals surface area contributed by atoms with Gasteiger partial charge in [-0.1, -0.05) is 35.9 Å². The molecule has 0 unspecified atom stereocenters. The summed E-state index contributed by atoms with van der Waals surface area (Å²) in [6, 6.07) is 12.0. The fourth-order valence-corrected chi connectivity index (χ4v) is 2.87. The Hall–Kier alpha value is -3.28. The number of para-hydroxylation sites is 1. The first kappa shape index (κ1) is 17.5. The van der Waals surface area contributed by atoms with E-state index in [9.17, 15) is 14.4 Å². The van der Waals surface area contributed by atoms with Crippen molar-refractivity contribution in [2.45, 2.75) is 20.8 Å². The van der Waals surface area contributed by atoms with Gasteiger partial charge >= 0.3 is 6.03 Å². The predicted octanol–water partition coefficient (Wildman–Crippen LogP) is 3.21. The minimum Gasteiger partial charge on any atom is -0.276 e. The Morgan fingerprint density at radius 1 is 1.00 bits per heavy atom. The van der Waals surface area contributed by atoms with Gasteiger partial charge in [0.15, 0.2) is 5.92 Å². The summed E-state index contributed by atoms with van der Waals surface area (Å²) in [5.41, 5.74) is 3.93. The average Bonchev–Trinajstić information content (AvgIpc) is 2.57. The summed E-state index contributed by atoms with van der Waals surface area (Å²) in [7, 11) is 0. The number of amides is 4. The summed E-state index contributed by atoms with van der Waals surface area (Å²) >= 11 is 0. The van der Waals surface area contributed by atoms with Crippen molar-refractivity contribution in [3.05, 3.63) is 59.2 Å². The number of hydrogen-bond donors (Lipinski definition) is 1. The van der Waals surface area contributed by atoms with Gasteiger partial charge in [-0.2, -0.15) is 0 Å². The Kier molecular flexibility index (Phi) is 4.67. The van der Waals surface area contributed by atoms with Crippen LogP contribution < -0.4 is 10.2 Å². The van der Waals surface area contributed by atoms with Crippen molar-refractivity contribution in [3.8, 4) is 0 Å². The second-order valence-electron chi connectivity index (χ2n) is 6.30. The maximum Gasteiger partial charge on any atom is 0.335 e. The van der Waals surface area contributed by atoms with Crippen molar-refractivity contribution in [1.82, 2.24) is 5.32 Å². The summed E-state index contributed by atoms with van der Waals surface area (Å²) in [4.78, 5) is 42.5. The van der Waals surface area contributed by atoms with Crippen molar-refractivity contribution in [3.63, 3.8) is 0 Å². The van der Waals surface area contributed by atoms with Crippen molar-refractivity contribution < 1.29 is 14.4 Å². The van der Waals surface area contributed by atoms with Crippen LogP contribution in [0.2, 0.25) is 0 Å². The molecule has 2 aromatic carbocycles. The highest BCUT2D eigenvalue weighted by Crippen LogP contribution is 2.25. The number of aryl methyl sites for hydroxylation is 3. The van der Waals surface area contributed by atoms with Crippen LogP contribution in [0.3, 0.4) is 0 Å². The summed E-state index contributed by atoms with van der Waals surface area (Å²) in [5.74, 6) is -2.44. The molecule has 1 heterocycles. The summed E-state index contributed by atoms with van der Waals surface area (Å²) in [6.45, 7) is 5.68. The van der Waals surface area contributed by atoms with Gasteiger partial charge in [0.25, 0.3) is 5.91 Å². The van der Waals surface area contributed by atoms with Gasteiger partial charge in [0, 0.05) is 6.21 Å². The first-order chi connectivity index (χ1) is 12.4. The van der Waals surface area contributed by atoms with Crippen LogP contribution in [-0.4, -0.2) is 24.1 Å². The molecule has 6 heteroatoms. The predicted molar refractivity (Wildman–Crippen MR) is 99.8 cm³/mol. The zero-order valence-corrected chi connectivity index (χ0v) is 14.8. The molecule has 132 valence electrons. The first-order valence-electron chi connectivity index (χ1n) is 8.24. The van der Waals surface area contributed by atoms with Crippen LogP contribution in [0.4, 0.5) is 16.2 Å². The lowest BCUT2D eigenvalue weighted by Crippen LogP contribution is -2.58. The van der Waals surface area contributed by atoms with Gasteiger partial charge in [0.2, 0.25) is 5.91 Å². The van der Waals surface area contributed by atoms with Crippen molar-refractivity contribution in [2.75, 3.05) is 4.90 Å². The summed E-state index contributed by atoms with van der Waals surface area (Å²) in [5, 5.41) is 2.23. The highest BCUT2D eigenvalue weighted by molar-refractivity contribution is 6.32. The van der Waals surface area contributed by atoms with Crippen molar-refractivity contribution in [2.24, 2.45) is 10.9 Å². The Labute approximate surface area is 151 Å². The van der Waals surface area contributed by atoms with Crippen LogP contribution in [0.5, 0.6) is 0 Å².